The summed E-state index contributed by atoms with van der Waals surface area (Å²) >= 11 is 1.19. The van der Waals surface area contributed by atoms with Gasteiger partial charge in [0.25, 0.3) is 0 Å². The van der Waals surface area contributed by atoms with E-state index in [-0.39, 0.29) is 5.75 Å². The van der Waals surface area contributed by atoms with E-state index in [0.717, 1.165) is 0 Å². The molecule has 3 rings (SSSR count). The van der Waals surface area contributed by atoms with Gasteiger partial charge in [-0.25, -0.2) is 4.57 Å². The van der Waals surface area contributed by atoms with Gasteiger partial charge in [0.1, 0.15) is 11.5 Å². The van der Waals surface area contributed by atoms with E-state index in [4.69, 9.17) is 23.5 Å². The van der Waals surface area contributed by atoms with E-state index in [2.05, 4.69) is 4.37 Å². The quantitative estimate of drug-likeness (QED) is 0.489. The Kier molecular flexibility index (Phi) is 6.52. The molecule has 160 valence electrons. The number of aromatic nitrogens is 1. The van der Waals surface area contributed by atoms with Crippen molar-refractivity contribution in [1.82, 2.24) is 4.37 Å². The van der Waals surface area contributed by atoms with Crippen molar-refractivity contribution >= 4 is 19.4 Å². The van der Waals surface area contributed by atoms with E-state index in [1.54, 1.807) is 29.6 Å². The second kappa shape index (κ2) is 8.93. The fourth-order valence-corrected chi connectivity index (χ4v) is 4.02. The predicted octanol–water partition coefficient (Wildman–Crippen LogP) is 3.98. The van der Waals surface area contributed by atoms with Crippen LogP contribution in [0.15, 0.2) is 35.7 Å². The molecule has 30 heavy (non-hydrogen) atoms. The number of rotatable bonds is 8. The maximum atomic E-state index is 11.5. The fraction of sp³-hybridized carbons (Fsp3) is 0.211. The van der Waals surface area contributed by atoms with E-state index in [1.807, 2.05) is 0 Å². The van der Waals surface area contributed by atoms with Crippen molar-refractivity contribution in [3.05, 3.63) is 35.7 Å². The molecule has 0 aliphatic carbocycles. The molecular weight excluding hydrogens is 433 g/mol. The van der Waals surface area contributed by atoms with Crippen molar-refractivity contribution in [2.24, 2.45) is 0 Å². The molecule has 0 spiro atoms. The number of benzene rings is 2. The van der Waals surface area contributed by atoms with Gasteiger partial charge in [-0.3, -0.25) is 9.79 Å². The maximum absolute atomic E-state index is 11.5. The topological polar surface area (TPSA) is 117 Å². The zero-order chi connectivity index (χ0) is 21.9. The summed E-state index contributed by atoms with van der Waals surface area (Å²) in [4.78, 5) is 18.7. The van der Waals surface area contributed by atoms with Gasteiger partial charge in [0.2, 0.25) is 5.75 Å². The normalized spacial score (nSPS) is 11.1. The van der Waals surface area contributed by atoms with Crippen molar-refractivity contribution in [1.29, 1.82) is 0 Å². The second-order valence-electron chi connectivity index (χ2n) is 5.93. The first kappa shape index (κ1) is 21.9. The molecule has 2 N–H and O–H groups in total. The first-order valence-corrected chi connectivity index (χ1v) is 10.9. The van der Waals surface area contributed by atoms with Crippen LogP contribution in [0.2, 0.25) is 0 Å². The molecule has 0 bridgehead atoms. The Labute approximate surface area is 177 Å². The van der Waals surface area contributed by atoms with Gasteiger partial charge in [-0.1, -0.05) is 0 Å². The van der Waals surface area contributed by atoms with Crippen LogP contribution in [0.3, 0.4) is 0 Å². The highest BCUT2D eigenvalue weighted by Crippen LogP contribution is 2.48. The van der Waals surface area contributed by atoms with Crippen LogP contribution in [0.25, 0.3) is 22.4 Å². The lowest BCUT2D eigenvalue weighted by atomic mass is 10.0. The summed E-state index contributed by atoms with van der Waals surface area (Å²) in [5.74, 6) is 1.70. The summed E-state index contributed by atoms with van der Waals surface area (Å²) in [7, 11) is 1.19. The first-order valence-electron chi connectivity index (χ1n) is 8.49. The molecule has 0 aliphatic heterocycles. The monoisotopic (exact) mass is 453 g/mol. The molecule has 0 saturated carbocycles. The number of phosphoric ester groups is 1. The van der Waals surface area contributed by atoms with Gasteiger partial charge in [0.05, 0.1) is 34.1 Å². The molecule has 0 fully saturated rings. The highest BCUT2D eigenvalue weighted by Gasteiger charge is 2.23. The number of ether oxygens (including phenoxy) is 4. The highest BCUT2D eigenvalue weighted by molar-refractivity contribution is 7.46. The lowest BCUT2D eigenvalue weighted by Gasteiger charge is -2.15. The number of phosphoric acid groups is 1. The van der Waals surface area contributed by atoms with Crippen LogP contribution in [0.1, 0.15) is 0 Å². The molecule has 1 heterocycles. The molecule has 0 atom stereocenters. The molecule has 11 heteroatoms. The minimum atomic E-state index is -4.80. The fourth-order valence-electron chi connectivity index (χ4n) is 2.91. The number of nitrogens with zero attached hydrogens (tertiary/aromatic N) is 1. The molecule has 0 amide bonds. The first-order chi connectivity index (χ1) is 14.3. The van der Waals surface area contributed by atoms with Crippen molar-refractivity contribution in [3.8, 4) is 51.1 Å². The molecule has 0 saturated heterocycles. The van der Waals surface area contributed by atoms with Gasteiger partial charge in [0.15, 0.2) is 11.5 Å². The summed E-state index contributed by atoms with van der Waals surface area (Å²) in [6.07, 6.45) is 0. The summed E-state index contributed by atoms with van der Waals surface area (Å²) in [5, 5.41) is 1.76. The Hall–Kier alpha value is -2.78. The Morgan fingerprint density at radius 3 is 2.07 bits per heavy atom. The van der Waals surface area contributed by atoms with Crippen molar-refractivity contribution < 1.29 is 37.8 Å². The lowest BCUT2D eigenvalue weighted by Crippen LogP contribution is -1.97. The number of methoxy groups -OCH3 is 4. The van der Waals surface area contributed by atoms with Crippen molar-refractivity contribution in [2.45, 2.75) is 0 Å². The molecule has 0 unspecified atom stereocenters. The average molecular weight is 453 g/mol. The van der Waals surface area contributed by atoms with Crippen LogP contribution in [-0.4, -0.2) is 42.6 Å². The predicted molar refractivity (Wildman–Crippen MR) is 112 cm³/mol. The van der Waals surface area contributed by atoms with Crippen molar-refractivity contribution in [2.75, 3.05) is 28.4 Å². The molecule has 2 aromatic carbocycles. The van der Waals surface area contributed by atoms with Crippen molar-refractivity contribution in [3.63, 3.8) is 0 Å². The van der Waals surface area contributed by atoms with Crippen LogP contribution < -0.4 is 23.5 Å². The third-order valence-electron chi connectivity index (χ3n) is 4.20. The standard InChI is InChI=1S/C19H20NO8PS/c1-24-12-5-6-13(15(9-12)28-29(21,22)23)14-10-30-20-18(14)11-7-16(25-2)19(27-4)17(8-11)26-3/h5-10H,1-4H3,(H2,21,22,23). The van der Waals surface area contributed by atoms with E-state index in [0.29, 0.717) is 45.4 Å². The van der Waals surface area contributed by atoms with Gasteiger partial charge in [-0.15, -0.1) is 0 Å². The lowest BCUT2D eigenvalue weighted by molar-refractivity contribution is 0.283. The highest BCUT2D eigenvalue weighted by atomic mass is 32.1. The molecule has 1 aromatic heterocycles. The maximum Gasteiger partial charge on any atom is 0.524 e. The summed E-state index contributed by atoms with van der Waals surface area (Å²) in [6.45, 7) is 0. The van der Waals surface area contributed by atoms with Gasteiger partial charge in [0, 0.05) is 28.1 Å². The van der Waals surface area contributed by atoms with E-state index in [1.165, 1.54) is 46.0 Å². The van der Waals surface area contributed by atoms with E-state index >= 15 is 0 Å². The minimum absolute atomic E-state index is 0.0309. The Morgan fingerprint density at radius 2 is 1.53 bits per heavy atom. The Bertz CT molecular complexity index is 1070. The van der Waals surface area contributed by atoms with Crippen LogP contribution in [0.4, 0.5) is 0 Å². The van der Waals surface area contributed by atoms with Crippen LogP contribution >= 0.6 is 19.4 Å². The zero-order valence-corrected chi connectivity index (χ0v) is 18.3. The van der Waals surface area contributed by atoms with E-state index < -0.39 is 7.82 Å². The van der Waals surface area contributed by atoms with Crippen LogP contribution in [0, 0.1) is 0 Å². The third-order valence-corrected chi connectivity index (χ3v) is 5.27. The average Bonchev–Trinajstić information content (AvgIpc) is 3.20. The molecule has 3 aromatic rings. The summed E-state index contributed by atoms with van der Waals surface area (Å²) < 4.78 is 42.2. The molecule has 9 nitrogen and oxygen atoms in total. The zero-order valence-electron chi connectivity index (χ0n) is 16.6. The molecular formula is C19H20NO8PS. The van der Waals surface area contributed by atoms with E-state index in [9.17, 15) is 14.4 Å². The van der Waals surface area contributed by atoms with Crippen LogP contribution in [0.5, 0.6) is 28.7 Å². The Morgan fingerprint density at radius 1 is 0.867 bits per heavy atom. The summed E-state index contributed by atoms with van der Waals surface area (Å²) in [5.41, 5.74) is 2.27. The largest absolute Gasteiger partial charge is 0.524 e. The molecule has 0 aliphatic rings. The third kappa shape index (κ3) is 4.52. The van der Waals surface area contributed by atoms with Gasteiger partial charge < -0.3 is 23.5 Å². The summed E-state index contributed by atoms with van der Waals surface area (Å²) in [6, 6.07) is 8.21. The van der Waals surface area contributed by atoms with Gasteiger partial charge in [-0.2, -0.15) is 4.37 Å². The number of hydrogen-bond donors (Lipinski definition) is 2. The SMILES string of the molecule is COc1ccc(-c2csnc2-c2cc(OC)c(OC)c(OC)c2)c(OP(=O)(O)O)c1. The Balaban J connectivity index is 2.18. The smallest absolute Gasteiger partial charge is 0.497 e. The van der Waals surface area contributed by atoms with Gasteiger partial charge in [-0.05, 0) is 35.8 Å². The number of hydrogen-bond acceptors (Lipinski definition) is 8. The van der Waals surface area contributed by atoms with Crippen LogP contribution in [-0.2, 0) is 4.57 Å². The molecule has 0 radical (unpaired) electrons. The second-order valence-corrected chi connectivity index (χ2v) is 7.73. The minimum Gasteiger partial charge on any atom is -0.497 e. The van der Waals surface area contributed by atoms with Gasteiger partial charge >= 0.3 is 7.82 Å².